The van der Waals surface area contributed by atoms with Crippen molar-refractivity contribution in [1.82, 2.24) is 0 Å². The molecule has 0 atom stereocenters. The molecule has 0 fully saturated rings. The molecule has 0 saturated heterocycles. The molecule has 1 rings (SSSR count). The molecule has 0 amide bonds. The summed E-state index contributed by atoms with van der Waals surface area (Å²) in [5.74, 6) is -0.324. The molecule has 0 spiro atoms. The lowest BCUT2D eigenvalue weighted by Gasteiger charge is -2.03. The van der Waals surface area contributed by atoms with Gasteiger partial charge in [-0.15, -0.1) is 0 Å². The minimum absolute atomic E-state index is 0. The Kier molecular flexibility index (Phi) is 5.88. The van der Waals surface area contributed by atoms with Crippen LogP contribution in [0.3, 0.4) is 0 Å². The largest absolute Gasteiger partial charge is 0.504 e. The van der Waals surface area contributed by atoms with Gasteiger partial charge in [0.2, 0.25) is 0 Å². The number of carbonyl (C=O) groups is 1. The van der Waals surface area contributed by atoms with Crippen LogP contribution in [-0.2, 0) is 9.47 Å². The zero-order valence-corrected chi connectivity index (χ0v) is 9.61. The molecule has 0 unspecified atom stereocenters. The van der Waals surface area contributed by atoms with Crippen LogP contribution in [0.25, 0.3) is 5.57 Å². The molecular weight excluding hydrogens is 208 g/mol. The normalized spacial score (nSPS) is 10.3. The monoisotopic (exact) mass is 224 g/mol. The first kappa shape index (κ1) is 14.2. The molecule has 0 radical (unpaired) electrons. The van der Waals surface area contributed by atoms with Crippen LogP contribution in [0.1, 0.15) is 22.8 Å². The molecule has 0 aliphatic heterocycles. The maximum absolute atomic E-state index is 11.2. The van der Waals surface area contributed by atoms with Crippen LogP contribution in [0.2, 0.25) is 0 Å². The molecule has 1 aromatic carbocycles. The van der Waals surface area contributed by atoms with E-state index in [0.29, 0.717) is 5.56 Å². The van der Waals surface area contributed by atoms with Crippen molar-refractivity contribution < 1.29 is 19.7 Å². The van der Waals surface area contributed by atoms with E-state index in [4.69, 9.17) is 4.74 Å². The summed E-state index contributed by atoms with van der Waals surface area (Å²) in [5.41, 5.74) is 2.57. The number of hydrogen-bond acceptors (Lipinski definition) is 3. The van der Waals surface area contributed by atoms with Crippen LogP contribution in [0.5, 0.6) is 0 Å². The van der Waals surface area contributed by atoms with Gasteiger partial charge in [0.05, 0.1) is 26.0 Å². The van der Waals surface area contributed by atoms with Gasteiger partial charge in [-0.05, 0) is 30.2 Å². The van der Waals surface area contributed by atoms with E-state index in [1.54, 1.807) is 25.5 Å². The van der Waals surface area contributed by atoms with Crippen molar-refractivity contribution in [2.45, 2.75) is 6.92 Å². The molecular formula is C12H16O4. The Hall–Kier alpha value is -1.81. The number of methoxy groups -OCH3 is 2. The Morgan fingerprint density at radius 2 is 1.62 bits per heavy atom. The summed E-state index contributed by atoms with van der Waals surface area (Å²) in [6.45, 7) is 1.94. The minimum atomic E-state index is -0.324. The Bertz CT molecular complexity index is 365. The number of ether oxygens (including phenoxy) is 2. The first-order valence-electron chi connectivity index (χ1n) is 4.57. The minimum Gasteiger partial charge on any atom is -0.504 e. The van der Waals surface area contributed by atoms with Gasteiger partial charge in [0.15, 0.2) is 0 Å². The van der Waals surface area contributed by atoms with Gasteiger partial charge < -0.3 is 14.9 Å². The van der Waals surface area contributed by atoms with Crippen molar-refractivity contribution in [3.05, 3.63) is 41.7 Å². The lowest BCUT2D eigenvalue weighted by Crippen LogP contribution is -2.00. The van der Waals surface area contributed by atoms with Crippen LogP contribution < -0.4 is 0 Å². The smallest absolute Gasteiger partial charge is 0.337 e. The van der Waals surface area contributed by atoms with E-state index in [-0.39, 0.29) is 11.4 Å². The molecule has 4 nitrogen and oxygen atoms in total. The van der Waals surface area contributed by atoms with Crippen molar-refractivity contribution in [2.75, 3.05) is 14.2 Å². The summed E-state index contributed by atoms with van der Waals surface area (Å²) in [6.07, 6.45) is 1.66. The molecule has 1 aromatic rings. The number of hydrogen-bond donors (Lipinski definition) is 0. The number of esters is 1. The highest BCUT2D eigenvalue weighted by Crippen LogP contribution is 2.14. The molecule has 0 aliphatic rings. The van der Waals surface area contributed by atoms with E-state index in [1.807, 2.05) is 19.1 Å². The summed E-state index contributed by atoms with van der Waals surface area (Å²) in [5, 5.41) is 0. The van der Waals surface area contributed by atoms with Gasteiger partial charge in [-0.25, -0.2) is 4.79 Å². The third-order valence-electron chi connectivity index (χ3n) is 2.06. The highest BCUT2D eigenvalue weighted by Gasteiger charge is 2.04. The van der Waals surface area contributed by atoms with Gasteiger partial charge in [0.1, 0.15) is 0 Å². The van der Waals surface area contributed by atoms with Crippen LogP contribution in [0.4, 0.5) is 0 Å². The van der Waals surface area contributed by atoms with E-state index in [2.05, 4.69) is 4.74 Å². The van der Waals surface area contributed by atoms with Gasteiger partial charge in [-0.2, -0.15) is 0 Å². The van der Waals surface area contributed by atoms with Crippen molar-refractivity contribution in [2.24, 2.45) is 0 Å². The van der Waals surface area contributed by atoms with Gasteiger partial charge in [-0.1, -0.05) is 12.1 Å². The van der Waals surface area contributed by atoms with E-state index < -0.39 is 0 Å². The van der Waals surface area contributed by atoms with Crippen LogP contribution in [0, 0.1) is 0 Å². The highest BCUT2D eigenvalue weighted by atomic mass is 16.5. The van der Waals surface area contributed by atoms with E-state index in [0.717, 1.165) is 11.1 Å². The summed E-state index contributed by atoms with van der Waals surface area (Å²) in [7, 11) is 2.97. The second-order valence-electron chi connectivity index (χ2n) is 3.11. The number of allylic oxidation sites excluding steroid dienone is 1. The Balaban J connectivity index is 0.00000225. The molecule has 88 valence electrons. The zero-order valence-electron chi connectivity index (χ0n) is 9.61. The maximum atomic E-state index is 11.2. The van der Waals surface area contributed by atoms with Crippen LogP contribution in [0.15, 0.2) is 30.5 Å². The standard InChI is InChI=1S/C12H14O3.H2O/c1-9(8-14-2)10-4-6-11(7-5-10)12(13)15-3;/h4-8H,1-3H3;1H2/b9-8+;. The van der Waals surface area contributed by atoms with E-state index in [9.17, 15) is 4.79 Å². The predicted molar refractivity (Wildman–Crippen MR) is 62.1 cm³/mol. The molecule has 0 aliphatic carbocycles. The summed E-state index contributed by atoms with van der Waals surface area (Å²) in [4.78, 5) is 11.2. The molecule has 0 bridgehead atoms. The highest BCUT2D eigenvalue weighted by molar-refractivity contribution is 5.89. The summed E-state index contributed by atoms with van der Waals surface area (Å²) in [6, 6.07) is 7.18. The zero-order chi connectivity index (χ0) is 11.3. The molecule has 2 N–H and O–H groups in total. The first-order valence-corrected chi connectivity index (χ1v) is 4.57. The summed E-state index contributed by atoms with van der Waals surface area (Å²) < 4.78 is 9.51. The quantitative estimate of drug-likeness (QED) is 0.579. The number of carbonyl (C=O) groups excluding carboxylic acids is 1. The van der Waals surface area contributed by atoms with E-state index in [1.165, 1.54) is 7.11 Å². The maximum Gasteiger partial charge on any atom is 0.337 e. The van der Waals surface area contributed by atoms with Crippen molar-refractivity contribution >= 4 is 11.5 Å². The topological polar surface area (TPSA) is 67.0 Å². The molecule has 0 heterocycles. The molecule has 0 saturated carbocycles. The third-order valence-corrected chi connectivity index (χ3v) is 2.06. The Labute approximate surface area is 94.8 Å². The molecule has 0 aromatic heterocycles. The lowest BCUT2D eigenvalue weighted by atomic mass is 10.1. The van der Waals surface area contributed by atoms with Crippen molar-refractivity contribution in [1.29, 1.82) is 0 Å². The predicted octanol–water partition coefficient (Wildman–Crippen LogP) is 1.66. The van der Waals surface area contributed by atoms with Crippen molar-refractivity contribution in [3.8, 4) is 0 Å². The fourth-order valence-corrected chi connectivity index (χ4v) is 1.23. The average molecular weight is 224 g/mol. The fourth-order valence-electron chi connectivity index (χ4n) is 1.23. The summed E-state index contributed by atoms with van der Waals surface area (Å²) >= 11 is 0. The number of benzene rings is 1. The Morgan fingerprint density at radius 1 is 1.12 bits per heavy atom. The van der Waals surface area contributed by atoms with E-state index >= 15 is 0 Å². The SMILES string of the molecule is CO/C=C(\C)c1ccc(C(=O)OC)cc1.O. The Morgan fingerprint density at radius 3 is 2.06 bits per heavy atom. The fraction of sp³-hybridized carbons (Fsp3) is 0.250. The average Bonchev–Trinajstić information content (AvgIpc) is 2.28. The van der Waals surface area contributed by atoms with Crippen molar-refractivity contribution in [3.63, 3.8) is 0 Å². The van der Waals surface area contributed by atoms with Crippen LogP contribution >= 0.6 is 0 Å². The first-order chi connectivity index (χ1) is 7.19. The second kappa shape index (κ2) is 6.63. The third kappa shape index (κ3) is 3.40. The number of rotatable bonds is 3. The lowest BCUT2D eigenvalue weighted by molar-refractivity contribution is 0.0600. The van der Waals surface area contributed by atoms with Crippen LogP contribution in [-0.4, -0.2) is 25.7 Å². The van der Waals surface area contributed by atoms with Gasteiger partial charge in [0, 0.05) is 0 Å². The second-order valence-corrected chi connectivity index (χ2v) is 3.11. The molecule has 16 heavy (non-hydrogen) atoms. The molecule has 4 heteroatoms. The van der Waals surface area contributed by atoms with Gasteiger partial charge >= 0.3 is 5.97 Å². The van der Waals surface area contributed by atoms with Gasteiger partial charge in [0.25, 0.3) is 0 Å². The van der Waals surface area contributed by atoms with Gasteiger partial charge in [-0.3, -0.25) is 0 Å².